The van der Waals surface area contributed by atoms with Crippen LogP contribution in [0, 0.1) is 5.92 Å². The largest absolute Gasteiger partial charge is 0.477 e. The number of nitrogens with zero attached hydrogens (tertiary/aromatic N) is 2. The van der Waals surface area contributed by atoms with E-state index in [4.69, 9.17) is 4.74 Å². The molecule has 0 saturated heterocycles. The standard InChI is InChI=1S/C11H15BrN2O/c1-7(2)6-15-10-5-9(12)13-11(14-10)8-3-4-8/h5,7-8H,3-4,6H2,1-2H3. The smallest absolute Gasteiger partial charge is 0.217 e. The lowest BCUT2D eigenvalue weighted by atomic mass is 10.2. The highest BCUT2D eigenvalue weighted by molar-refractivity contribution is 9.10. The van der Waals surface area contributed by atoms with Crippen molar-refractivity contribution >= 4 is 15.9 Å². The van der Waals surface area contributed by atoms with E-state index in [0.29, 0.717) is 24.3 Å². The third-order valence-electron chi connectivity index (χ3n) is 2.20. The Morgan fingerprint density at radius 3 is 2.80 bits per heavy atom. The molecule has 1 fully saturated rings. The van der Waals surface area contributed by atoms with E-state index in [0.717, 1.165) is 10.4 Å². The molecule has 1 aliphatic rings. The Kier molecular flexibility index (Phi) is 3.24. The first-order valence-corrected chi connectivity index (χ1v) is 6.11. The minimum Gasteiger partial charge on any atom is -0.477 e. The van der Waals surface area contributed by atoms with Crippen LogP contribution in [0.2, 0.25) is 0 Å². The normalized spacial score (nSPS) is 15.7. The van der Waals surface area contributed by atoms with E-state index in [1.165, 1.54) is 12.8 Å². The van der Waals surface area contributed by atoms with Crippen LogP contribution in [0.1, 0.15) is 38.4 Å². The van der Waals surface area contributed by atoms with Gasteiger partial charge in [0.25, 0.3) is 0 Å². The fourth-order valence-electron chi connectivity index (χ4n) is 1.26. The SMILES string of the molecule is CC(C)COc1cc(Br)nc(C2CC2)n1. The second kappa shape index (κ2) is 4.47. The van der Waals surface area contributed by atoms with Gasteiger partial charge in [0.1, 0.15) is 10.4 Å². The van der Waals surface area contributed by atoms with Crippen LogP contribution in [0.4, 0.5) is 0 Å². The minimum absolute atomic E-state index is 0.517. The number of rotatable bonds is 4. The van der Waals surface area contributed by atoms with Gasteiger partial charge in [0.05, 0.1) is 6.61 Å². The molecule has 2 rings (SSSR count). The molecule has 0 bridgehead atoms. The zero-order chi connectivity index (χ0) is 10.8. The number of hydrogen-bond acceptors (Lipinski definition) is 3. The summed E-state index contributed by atoms with van der Waals surface area (Å²) in [5.74, 6) is 2.68. The lowest BCUT2D eigenvalue weighted by Crippen LogP contribution is -2.07. The second-order valence-electron chi connectivity index (χ2n) is 4.37. The molecule has 0 aliphatic heterocycles. The first-order valence-electron chi connectivity index (χ1n) is 5.32. The summed E-state index contributed by atoms with van der Waals surface area (Å²) in [5, 5.41) is 0. The monoisotopic (exact) mass is 270 g/mol. The first kappa shape index (κ1) is 10.9. The summed E-state index contributed by atoms with van der Waals surface area (Å²) >= 11 is 3.38. The van der Waals surface area contributed by atoms with Crippen LogP contribution < -0.4 is 4.74 Å². The molecule has 1 aromatic heterocycles. The Labute approximate surface area is 98.4 Å². The number of aromatic nitrogens is 2. The average molecular weight is 271 g/mol. The maximum absolute atomic E-state index is 5.59. The molecule has 0 aromatic carbocycles. The van der Waals surface area contributed by atoms with Crippen molar-refractivity contribution in [2.24, 2.45) is 5.92 Å². The molecule has 1 heterocycles. The predicted octanol–water partition coefficient (Wildman–Crippen LogP) is 3.15. The Hall–Kier alpha value is -0.640. The van der Waals surface area contributed by atoms with E-state index >= 15 is 0 Å². The van der Waals surface area contributed by atoms with Crippen molar-refractivity contribution in [1.29, 1.82) is 0 Å². The van der Waals surface area contributed by atoms with Crippen molar-refractivity contribution in [1.82, 2.24) is 9.97 Å². The molecule has 0 amide bonds. The van der Waals surface area contributed by atoms with Gasteiger partial charge >= 0.3 is 0 Å². The van der Waals surface area contributed by atoms with Crippen molar-refractivity contribution in [3.63, 3.8) is 0 Å². The molecule has 15 heavy (non-hydrogen) atoms. The van der Waals surface area contributed by atoms with E-state index in [9.17, 15) is 0 Å². The lowest BCUT2D eigenvalue weighted by Gasteiger charge is -2.08. The molecule has 0 spiro atoms. The van der Waals surface area contributed by atoms with Gasteiger partial charge < -0.3 is 4.74 Å². The lowest BCUT2D eigenvalue weighted by molar-refractivity contribution is 0.260. The van der Waals surface area contributed by atoms with Crippen molar-refractivity contribution in [2.45, 2.75) is 32.6 Å². The Bertz CT molecular complexity index is 350. The molecule has 0 N–H and O–H groups in total. The highest BCUT2D eigenvalue weighted by atomic mass is 79.9. The summed E-state index contributed by atoms with van der Waals surface area (Å²) in [6.07, 6.45) is 2.42. The maximum atomic E-state index is 5.59. The van der Waals surface area contributed by atoms with Crippen molar-refractivity contribution < 1.29 is 4.74 Å². The van der Waals surface area contributed by atoms with Gasteiger partial charge in [0, 0.05) is 12.0 Å². The molecule has 1 aromatic rings. The van der Waals surface area contributed by atoms with E-state index in [2.05, 4.69) is 39.7 Å². The molecule has 82 valence electrons. The van der Waals surface area contributed by atoms with Gasteiger partial charge in [0.15, 0.2) is 0 Å². The van der Waals surface area contributed by atoms with Crippen molar-refractivity contribution in [3.8, 4) is 5.88 Å². The summed E-state index contributed by atoms with van der Waals surface area (Å²) in [6.45, 7) is 4.95. The molecular formula is C11H15BrN2O. The third-order valence-corrected chi connectivity index (χ3v) is 2.60. The highest BCUT2D eigenvalue weighted by Crippen LogP contribution is 2.39. The van der Waals surface area contributed by atoms with Gasteiger partial charge in [-0.2, -0.15) is 4.98 Å². The quantitative estimate of drug-likeness (QED) is 0.789. The van der Waals surface area contributed by atoms with Crippen LogP contribution >= 0.6 is 15.9 Å². The van der Waals surface area contributed by atoms with Gasteiger partial charge in [-0.05, 0) is 34.7 Å². The van der Waals surface area contributed by atoms with E-state index in [1.807, 2.05) is 6.07 Å². The Balaban J connectivity index is 2.09. The minimum atomic E-state index is 0.517. The molecule has 1 aliphatic carbocycles. The molecule has 1 saturated carbocycles. The molecule has 0 unspecified atom stereocenters. The maximum Gasteiger partial charge on any atom is 0.217 e. The van der Waals surface area contributed by atoms with Gasteiger partial charge in [-0.25, -0.2) is 4.98 Å². The van der Waals surface area contributed by atoms with Crippen LogP contribution in [-0.4, -0.2) is 16.6 Å². The number of halogens is 1. The van der Waals surface area contributed by atoms with Gasteiger partial charge in [0.2, 0.25) is 5.88 Å². The van der Waals surface area contributed by atoms with Crippen LogP contribution in [0.5, 0.6) is 5.88 Å². The van der Waals surface area contributed by atoms with Crippen LogP contribution in [0.3, 0.4) is 0 Å². The van der Waals surface area contributed by atoms with Crippen LogP contribution in [0.25, 0.3) is 0 Å². The van der Waals surface area contributed by atoms with Crippen LogP contribution in [-0.2, 0) is 0 Å². The average Bonchev–Trinajstić information content (AvgIpc) is 2.97. The molecule has 3 nitrogen and oxygen atoms in total. The van der Waals surface area contributed by atoms with E-state index in [1.54, 1.807) is 0 Å². The summed E-state index contributed by atoms with van der Waals surface area (Å²) in [4.78, 5) is 8.75. The summed E-state index contributed by atoms with van der Waals surface area (Å²) in [7, 11) is 0. The molecule has 0 atom stereocenters. The van der Waals surface area contributed by atoms with Gasteiger partial charge in [-0.1, -0.05) is 13.8 Å². The van der Waals surface area contributed by atoms with Crippen molar-refractivity contribution in [3.05, 3.63) is 16.5 Å². The zero-order valence-corrected chi connectivity index (χ0v) is 10.6. The summed E-state index contributed by atoms with van der Waals surface area (Å²) in [5.41, 5.74) is 0. The topological polar surface area (TPSA) is 35.0 Å². The van der Waals surface area contributed by atoms with E-state index in [-0.39, 0.29) is 0 Å². The molecule has 4 heteroatoms. The van der Waals surface area contributed by atoms with Crippen molar-refractivity contribution in [2.75, 3.05) is 6.61 Å². The van der Waals surface area contributed by atoms with Gasteiger partial charge in [-0.15, -0.1) is 0 Å². The Morgan fingerprint density at radius 1 is 1.47 bits per heavy atom. The first-order chi connectivity index (χ1) is 7.15. The number of ether oxygens (including phenoxy) is 1. The fraction of sp³-hybridized carbons (Fsp3) is 0.636. The predicted molar refractivity (Wildman–Crippen MR) is 62.0 cm³/mol. The summed E-state index contributed by atoms with van der Waals surface area (Å²) < 4.78 is 6.40. The van der Waals surface area contributed by atoms with E-state index < -0.39 is 0 Å². The highest BCUT2D eigenvalue weighted by Gasteiger charge is 2.27. The number of hydrogen-bond donors (Lipinski definition) is 0. The summed E-state index contributed by atoms with van der Waals surface area (Å²) in [6, 6.07) is 1.83. The molecular weight excluding hydrogens is 256 g/mol. The second-order valence-corrected chi connectivity index (χ2v) is 5.18. The fourth-order valence-corrected chi connectivity index (χ4v) is 1.64. The molecule has 0 radical (unpaired) electrons. The zero-order valence-electron chi connectivity index (χ0n) is 9.03. The van der Waals surface area contributed by atoms with Crippen LogP contribution in [0.15, 0.2) is 10.7 Å². The third kappa shape index (κ3) is 3.16. The Morgan fingerprint density at radius 2 is 2.20 bits per heavy atom. The van der Waals surface area contributed by atoms with Gasteiger partial charge in [-0.3, -0.25) is 0 Å².